The first-order chi connectivity index (χ1) is 15.7. The van der Waals surface area contributed by atoms with Crippen LogP contribution in [0, 0.1) is 13.8 Å². The summed E-state index contributed by atoms with van der Waals surface area (Å²) in [4.78, 5) is 10.2. The Hall–Kier alpha value is -3.18. The first-order valence-electron chi connectivity index (χ1n) is 11.6. The molecule has 0 aliphatic carbocycles. The molecule has 2 aromatic carbocycles. The van der Waals surface area contributed by atoms with Crippen LogP contribution in [0.1, 0.15) is 29.4 Å². The highest BCUT2D eigenvalue weighted by molar-refractivity contribution is 5.81. The summed E-state index contributed by atoms with van der Waals surface area (Å²) < 4.78 is 2.12. The van der Waals surface area contributed by atoms with Crippen molar-refractivity contribution in [1.82, 2.24) is 19.5 Å². The van der Waals surface area contributed by atoms with E-state index in [1.807, 2.05) is 0 Å². The second-order valence-electron chi connectivity index (χ2n) is 8.64. The summed E-state index contributed by atoms with van der Waals surface area (Å²) in [6, 6.07) is 21.2. The van der Waals surface area contributed by atoms with Crippen molar-refractivity contribution in [2.24, 2.45) is 0 Å². The maximum absolute atomic E-state index is 5.12. The maximum atomic E-state index is 5.12. The lowest BCUT2D eigenvalue weighted by molar-refractivity contribution is 0.270. The van der Waals surface area contributed by atoms with Crippen LogP contribution in [0.2, 0.25) is 0 Å². The van der Waals surface area contributed by atoms with Crippen LogP contribution in [0.3, 0.4) is 0 Å². The molecule has 5 nitrogen and oxygen atoms in total. The molecule has 5 heteroatoms. The Kier molecular flexibility index (Phi) is 5.66. The van der Waals surface area contributed by atoms with Crippen molar-refractivity contribution in [3.05, 3.63) is 83.2 Å². The summed E-state index contributed by atoms with van der Waals surface area (Å²) in [7, 11) is 0. The molecule has 0 saturated carbocycles. The Bertz CT molecular complexity index is 1210. The molecule has 0 N–H and O–H groups in total. The van der Waals surface area contributed by atoms with Gasteiger partial charge in [0, 0.05) is 49.4 Å². The van der Waals surface area contributed by atoms with E-state index in [1.54, 1.807) is 0 Å². The molecule has 164 valence electrons. The van der Waals surface area contributed by atoms with Crippen LogP contribution in [0.25, 0.3) is 16.8 Å². The molecule has 5 rings (SSSR count). The van der Waals surface area contributed by atoms with E-state index in [0.29, 0.717) is 0 Å². The van der Waals surface area contributed by atoms with Crippen molar-refractivity contribution in [2.75, 3.05) is 37.6 Å². The summed E-state index contributed by atoms with van der Waals surface area (Å²) in [6.45, 7) is 11.8. The van der Waals surface area contributed by atoms with Crippen LogP contribution >= 0.6 is 0 Å². The van der Waals surface area contributed by atoms with Crippen LogP contribution in [0.15, 0.2) is 60.7 Å². The lowest BCUT2D eigenvalue weighted by atomic mass is 10.0. The maximum Gasteiger partial charge on any atom is 0.165 e. The molecule has 0 spiro atoms. The summed E-state index contributed by atoms with van der Waals surface area (Å²) >= 11 is 0. The highest BCUT2D eigenvalue weighted by Crippen LogP contribution is 2.33. The molecule has 0 amide bonds. The minimum absolute atomic E-state index is 0.860. The fourth-order valence-electron chi connectivity index (χ4n) is 4.83. The van der Waals surface area contributed by atoms with Gasteiger partial charge in [0.15, 0.2) is 5.65 Å². The van der Waals surface area contributed by atoms with Crippen molar-refractivity contribution in [2.45, 2.75) is 27.2 Å². The van der Waals surface area contributed by atoms with E-state index in [9.17, 15) is 0 Å². The molecule has 0 unspecified atom stereocenters. The van der Waals surface area contributed by atoms with Gasteiger partial charge < -0.3 is 9.80 Å². The minimum Gasteiger partial charge on any atom is -0.354 e. The standard InChI is InChI=1S/C27H31N5/c1-4-30-15-17-31(18-16-30)27-24(19-22-11-7-5-8-12-22)20(2)28-26-25(21(3)29-32(26)27)23-13-9-6-10-14-23/h5-14H,4,15-19H2,1-3H3. The Morgan fingerprint density at radius 1 is 0.812 bits per heavy atom. The third kappa shape index (κ3) is 3.78. The predicted molar refractivity (Wildman–Crippen MR) is 131 cm³/mol. The molecular formula is C27H31N5. The largest absolute Gasteiger partial charge is 0.354 e. The molecule has 0 radical (unpaired) electrons. The van der Waals surface area contributed by atoms with Gasteiger partial charge in [-0.05, 0) is 31.5 Å². The third-order valence-corrected chi connectivity index (χ3v) is 6.62. The van der Waals surface area contributed by atoms with E-state index in [1.165, 1.54) is 22.5 Å². The van der Waals surface area contributed by atoms with Gasteiger partial charge in [-0.15, -0.1) is 0 Å². The van der Waals surface area contributed by atoms with Gasteiger partial charge in [-0.3, -0.25) is 0 Å². The Balaban J connectivity index is 1.69. The molecule has 1 fully saturated rings. The zero-order chi connectivity index (χ0) is 22.1. The molecule has 0 atom stereocenters. The number of aryl methyl sites for hydroxylation is 2. The number of hydrogen-bond acceptors (Lipinski definition) is 4. The average Bonchev–Trinajstić information content (AvgIpc) is 3.16. The lowest BCUT2D eigenvalue weighted by Gasteiger charge is -2.36. The van der Waals surface area contributed by atoms with Crippen LogP contribution in [0.5, 0.6) is 0 Å². The fraction of sp³-hybridized carbons (Fsp3) is 0.333. The number of rotatable bonds is 5. The van der Waals surface area contributed by atoms with Crippen LogP contribution in [0.4, 0.5) is 5.82 Å². The van der Waals surface area contributed by atoms with Gasteiger partial charge in [0.25, 0.3) is 0 Å². The smallest absolute Gasteiger partial charge is 0.165 e. The monoisotopic (exact) mass is 425 g/mol. The van der Waals surface area contributed by atoms with Crippen molar-refractivity contribution in [3.63, 3.8) is 0 Å². The summed E-state index contributed by atoms with van der Waals surface area (Å²) in [5.74, 6) is 1.21. The number of fused-ring (bicyclic) bond motifs is 1. The molecular weight excluding hydrogens is 394 g/mol. The van der Waals surface area contributed by atoms with Gasteiger partial charge in [0.2, 0.25) is 0 Å². The predicted octanol–water partition coefficient (Wildman–Crippen LogP) is 4.75. The number of piperazine rings is 1. The van der Waals surface area contributed by atoms with Gasteiger partial charge >= 0.3 is 0 Å². The van der Waals surface area contributed by atoms with Gasteiger partial charge in [-0.2, -0.15) is 9.61 Å². The highest BCUT2D eigenvalue weighted by Gasteiger charge is 2.26. The Morgan fingerprint density at radius 3 is 2.12 bits per heavy atom. The molecule has 1 saturated heterocycles. The van der Waals surface area contributed by atoms with Crippen molar-refractivity contribution < 1.29 is 0 Å². The average molecular weight is 426 g/mol. The molecule has 1 aliphatic rings. The van der Waals surface area contributed by atoms with Crippen molar-refractivity contribution in [1.29, 1.82) is 0 Å². The number of anilines is 1. The minimum atomic E-state index is 0.860. The Morgan fingerprint density at radius 2 is 1.47 bits per heavy atom. The molecule has 2 aromatic heterocycles. The van der Waals surface area contributed by atoms with Crippen LogP contribution < -0.4 is 4.90 Å². The summed E-state index contributed by atoms with van der Waals surface area (Å²) in [6.07, 6.45) is 0.860. The van der Waals surface area contributed by atoms with E-state index in [2.05, 4.69) is 95.8 Å². The number of benzene rings is 2. The van der Waals surface area contributed by atoms with Crippen LogP contribution in [-0.4, -0.2) is 52.2 Å². The van der Waals surface area contributed by atoms with Crippen molar-refractivity contribution >= 4 is 11.5 Å². The number of hydrogen-bond donors (Lipinski definition) is 0. The normalized spacial score (nSPS) is 14.9. The van der Waals surface area contributed by atoms with Gasteiger partial charge in [-0.1, -0.05) is 67.6 Å². The second-order valence-corrected chi connectivity index (χ2v) is 8.64. The van der Waals surface area contributed by atoms with E-state index < -0.39 is 0 Å². The Labute approximate surface area is 190 Å². The van der Waals surface area contributed by atoms with Gasteiger partial charge in [0.05, 0.1) is 5.69 Å². The third-order valence-electron chi connectivity index (χ3n) is 6.62. The molecule has 1 aliphatic heterocycles. The lowest BCUT2D eigenvalue weighted by Crippen LogP contribution is -2.47. The SMILES string of the molecule is CCN1CCN(c2c(Cc3ccccc3)c(C)nc3c(-c4ccccc4)c(C)nn23)CC1. The topological polar surface area (TPSA) is 36.7 Å². The highest BCUT2D eigenvalue weighted by atomic mass is 15.4. The second kappa shape index (κ2) is 8.75. The first-order valence-corrected chi connectivity index (χ1v) is 11.6. The first kappa shape index (κ1) is 20.7. The van der Waals surface area contributed by atoms with E-state index in [-0.39, 0.29) is 0 Å². The number of aromatic nitrogens is 3. The van der Waals surface area contributed by atoms with Crippen LogP contribution in [-0.2, 0) is 6.42 Å². The zero-order valence-corrected chi connectivity index (χ0v) is 19.3. The summed E-state index contributed by atoms with van der Waals surface area (Å²) in [5.41, 5.74) is 7.95. The summed E-state index contributed by atoms with van der Waals surface area (Å²) in [5, 5.41) is 5.05. The van der Waals surface area contributed by atoms with Gasteiger partial charge in [-0.25, -0.2) is 4.98 Å². The number of nitrogens with zero attached hydrogens (tertiary/aromatic N) is 5. The van der Waals surface area contributed by atoms with Crippen molar-refractivity contribution in [3.8, 4) is 11.1 Å². The molecule has 32 heavy (non-hydrogen) atoms. The van der Waals surface area contributed by atoms with Gasteiger partial charge in [0.1, 0.15) is 5.82 Å². The number of likely N-dealkylation sites (N-methyl/N-ethyl adjacent to an activating group) is 1. The zero-order valence-electron chi connectivity index (χ0n) is 19.3. The fourth-order valence-corrected chi connectivity index (χ4v) is 4.83. The van der Waals surface area contributed by atoms with E-state index >= 15 is 0 Å². The van der Waals surface area contributed by atoms with E-state index in [0.717, 1.165) is 61.7 Å². The van der Waals surface area contributed by atoms with E-state index in [4.69, 9.17) is 10.1 Å². The molecule has 3 heterocycles. The molecule has 0 bridgehead atoms. The quantitative estimate of drug-likeness (QED) is 0.463. The molecule has 4 aromatic rings.